The summed E-state index contributed by atoms with van der Waals surface area (Å²) in [4.78, 5) is 37.8. The molecule has 192 valence electrons. The molecule has 6 atom stereocenters. The number of nitrogens with one attached hydrogen (secondary N) is 2. The molecule has 1 aromatic heterocycles. The average Bonchev–Trinajstić information content (AvgIpc) is 3.06. The second-order valence-corrected chi connectivity index (χ2v) is 11.2. The number of esters is 1. The van der Waals surface area contributed by atoms with Gasteiger partial charge in [-0.2, -0.15) is 5.09 Å². The van der Waals surface area contributed by atoms with E-state index >= 15 is 0 Å². The van der Waals surface area contributed by atoms with Crippen LogP contribution in [0.1, 0.15) is 26.1 Å². The minimum Gasteiger partial charge on any atom is -0.462 e. The Morgan fingerprint density at radius 3 is 2.49 bits per heavy atom. The fourth-order valence-electron chi connectivity index (χ4n) is 3.23. The van der Waals surface area contributed by atoms with E-state index in [9.17, 15) is 29.2 Å². The predicted octanol–water partition coefficient (Wildman–Crippen LogP) is 1.01. The van der Waals surface area contributed by atoms with Crippen LogP contribution in [0.3, 0.4) is 0 Å². The molecule has 1 aliphatic rings. The van der Waals surface area contributed by atoms with Crippen molar-refractivity contribution >= 4 is 25.5 Å². The lowest BCUT2D eigenvalue weighted by Gasteiger charge is -2.25. The fourth-order valence-corrected chi connectivity index (χ4v) is 6.29. The number of ether oxygens (including phenoxy) is 1. The van der Waals surface area contributed by atoms with Crippen molar-refractivity contribution in [1.29, 1.82) is 0 Å². The topological polar surface area (TPSA) is 169 Å². The van der Waals surface area contributed by atoms with Crippen molar-refractivity contribution in [1.82, 2.24) is 14.6 Å². The fraction of sp³-hybridized carbons (Fsp3) is 0.476. The number of rotatable bonds is 10. The van der Waals surface area contributed by atoms with Crippen molar-refractivity contribution in [3.8, 4) is 5.75 Å². The van der Waals surface area contributed by atoms with Crippen LogP contribution < -0.4 is 20.9 Å². The standard InChI is InChI=1S/C21H28N3O9PS/c1-12(2)32-20(28)13(3)23-34(30,33-14-7-5-4-6-8-14)31-11-15-17(26)18(27)19(35-15)24-10-9-16(25)22-21(24)29/h4-10,12-13,15,17-19,26-27H,11H2,1-3H3,(H,23,30)(H,22,25,29)/t13-,15+,17+,18+,19+,34?/m0/s1. The molecule has 1 unspecified atom stereocenters. The Labute approximate surface area is 205 Å². The van der Waals surface area contributed by atoms with Gasteiger partial charge in [-0.05, 0) is 32.9 Å². The zero-order valence-electron chi connectivity index (χ0n) is 19.3. The number of para-hydroxylation sites is 1. The number of benzene rings is 1. The Bertz CT molecular complexity index is 1170. The highest BCUT2D eigenvalue weighted by molar-refractivity contribution is 8.00. The molecule has 2 aromatic rings. The number of nitrogens with zero attached hydrogens (tertiary/aromatic N) is 1. The van der Waals surface area contributed by atoms with Crippen LogP contribution in [-0.2, 0) is 18.6 Å². The SMILES string of the molecule is CC(C)OC(=O)[C@H](C)NP(=O)(OC[C@H]1S[C@@H](n2ccc(=O)[nH]c2=O)[C@H](O)[C@@H]1O)Oc1ccccc1. The summed E-state index contributed by atoms with van der Waals surface area (Å²) < 4.78 is 30.9. The summed E-state index contributed by atoms with van der Waals surface area (Å²) in [7, 11) is -4.17. The zero-order chi connectivity index (χ0) is 25.8. The first-order chi connectivity index (χ1) is 16.5. The third-order valence-corrected chi connectivity index (χ3v) is 8.09. The van der Waals surface area contributed by atoms with Crippen LogP contribution in [0, 0.1) is 0 Å². The molecule has 1 aromatic carbocycles. The molecule has 0 spiro atoms. The molecule has 0 saturated carbocycles. The molecule has 14 heteroatoms. The van der Waals surface area contributed by atoms with Gasteiger partial charge in [0, 0.05) is 12.3 Å². The molecule has 0 bridgehead atoms. The molecule has 3 rings (SSSR count). The molecule has 12 nitrogen and oxygen atoms in total. The maximum Gasteiger partial charge on any atom is 0.459 e. The number of hydrogen-bond acceptors (Lipinski definition) is 10. The molecular weight excluding hydrogens is 501 g/mol. The van der Waals surface area contributed by atoms with Gasteiger partial charge in [0.15, 0.2) is 0 Å². The first-order valence-corrected chi connectivity index (χ1v) is 13.3. The highest BCUT2D eigenvalue weighted by Crippen LogP contribution is 2.48. The maximum atomic E-state index is 13.6. The van der Waals surface area contributed by atoms with Crippen molar-refractivity contribution in [2.45, 2.75) is 55.7 Å². The minimum atomic E-state index is -4.17. The Kier molecular flexibility index (Phi) is 8.97. The number of carbonyl (C=O) groups is 1. The lowest BCUT2D eigenvalue weighted by Crippen LogP contribution is -2.38. The van der Waals surface area contributed by atoms with Gasteiger partial charge in [0.05, 0.1) is 24.1 Å². The van der Waals surface area contributed by atoms with Crippen molar-refractivity contribution in [3.05, 3.63) is 63.4 Å². The first-order valence-electron chi connectivity index (χ1n) is 10.8. The minimum absolute atomic E-state index is 0.213. The number of aliphatic hydroxyl groups is 2. The van der Waals surface area contributed by atoms with E-state index in [-0.39, 0.29) is 18.5 Å². The molecular formula is C21H28N3O9PS. The van der Waals surface area contributed by atoms with E-state index in [0.29, 0.717) is 0 Å². The predicted molar refractivity (Wildman–Crippen MR) is 128 cm³/mol. The Hall–Kier alpha value is -2.41. The van der Waals surface area contributed by atoms with E-state index in [2.05, 4.69) is 10.1 Å². The second-order valence-electron chi connectivity index (χ2n) is 8.10. The number of aliphatic hydroxyl groups excluding tert-OH is 2. The van der Waals surface area contributed by atoms with Crippen LogP contribution in [0.15, 0.2) is 52.2 Å². The van der Waals surface area contributed by atoms with Gasteiger partial charge in [0.1, 0.15) is 23.3 Å². The summed E-state index contributed by atoms with van der Waals surface area (Å²) in [5.41, 5.74) is -1.35. The average molecular weight is 530 g/mol. The number of hydrogen-bond donors (Lipinski definition) is 4. The van der Waals surface area contributed by atoms with Crippen molar-refractivity contribution in [3.63, 3.8) is 0 Å². The summed E-state index contributed by atoms with van der Waals surface area (Å²) in [5, 5.41) is 21.8. The summed E-state index contributed by atoms with van der Waals surface area (Å²) in [6.07, 6.45) is -1.90. The van der Waals surface area contributed by atoms with Crippen molar-refractivity contribution in [2.24, 2.45) is 0 Å². The number of carbonyl (C=O) groups excluding carboxylic acids is 1. The number of H-pyrrole nitrogens is 1. The molecule has 2 heterocycles. The van der Waals surface area contributed by atoms with Crippen LogP contribution in [0.25, 0.3) is 0 Å². The van der Waals surface area contributed by atoms with Crippen LogP contribution in [0.4, 0.5) is 0 Å². The Morgan fingerprint density at radius 2 is 1.86 bits per heavy atom. The van der Waals surface area contributed by atoms with Gasteiger partial charge in [0.25, 0.3) is 5.56 Å². The monoisotopic (exact) mass is 529 g/mol. The Morgan fingerprint density at radius 1 is 1.17 bits per heavy atom. The molecule has 1 fully saturated rings. The number of aromatic amines is 1. The van der Waals surface area contributed by atoms with Crippen LogP contribution >= 0.6 is 19.5 Å². The molecule has 1 saturated heterocycles. The van der Waals surface area contributed by atoms with Crippen LogP contribution in [-0.4, -0.2) is 61.9 Å². The largest absolute Gasteiger partial charge is 0.462 e. The highest BCUT2D eigenvalue weighted by Gasteiger charge is 2.45. The highest BCUT2D eigenvalue weighted by atomic mass is 32.2. The molecule has 0 radical (unpaired) electrons. The van der Waals surface area contributed by atoms with Gasteiger partial charge in [-0.25, -0.2) is 9.36 Å². The zero-order valence-corrected chi connectivity index (χ0v) is 21.0. The van der Waals surface area contributed by atoms with Gasteiger partial charge in [0.2, 0.25) is 0 Å². The van der Waals surface area contributed by atoms with E-state index in [1.807, 2.05) is 0 Å². The maximum absolute atomic E-state index is 13.6. The normalized spacial score (nSPS) is 24.6. The quantitative estimate of drug-likeness (QED) is 0.256. The van der Waals surface area contributed by atoms with Crippen molar-refractivity contribution in [2.75, 3.05) is 6.61 Å². The van der Waals surface area contributed by atoms with E-state index in [1.54, 1.807) is 44.2 Å². The summed E-state index contributed by atoms with van der Waals surface area (Å²) in [6.45, 7) is 4.43. The molecule has 1 aliphatic heterocycles. The van der Waals surface area contributed by atoms with E-state index in [4.69, 9.17) is 13.8 Å². The summed E-state index contributed by atoms with van der Waals surface area (Å²) >= 11 is 1.00. The third kappa shape index (κ3) is 7.06. The number of aromatic nitrogens is 2. The van der Waals surface area contributed by atoms with E-state index in [0.717, 1.165) is 22.4 Å². The van der Waals surface area contributed by atoms with E-state index in [1.165, 1.54) is 13.1 Å². The first kappa shape index (κ1) is 27.2. The lowest BCUT2D eigenvalue weighted by atomic mass is 10.1. The van der Waals surface area contributed by atoms with Gasteiger partial charge in [-0.3, -0.25) is 23.7 Å². The summed E-state index contributed by atoms with van der Waals surface area (Å²) in [6, 6.07) is 8.23. The van der Waals surface area contributed by atoms with E-state index < -0.39 is 53.8 Å². The summed E-state index contributed by atoms with van der Waals surface area (Å²) in [5.74, 6) is -0.450. The molecule has 4 N–H and O–H groups in total. The third-order valence-electron chi connectivity index (χ3n) is 4.90. The van der Waals surface area contributed by atoms with Gasteiger partial charge >= 0.3 is 19.4 Å². The van der Waals surface area contributed by atoms with Gasteiger partial charge in [-0.1, -0.05) is 18.2 Å². The van der Waals surface area contributed by atoms with Gasteiger partial charge < -0.3 is 19.5 Å². The molecule has 0 amide bonds. The van der Waals surface area contributed by atoms with Crippen LogP contribution in [0.5, 0.6) is 5.75 Å². The Balaban J connectivity index is 1.75. The van der Waals surface area contributed by atoms with Gasteiger partial charge in [-0.15, -0.1) is 11.8 Å². The smallest absolute Gasteiger partial charge is 0.459 e. The molecule has 0 aliphatic carbocycles. The molecule has 35 heavy (non-hydrogen) atoms. The lowest BCUT2D eigenvalue weighted by molar-refractivity contribution is -0.149. The van der Waals surface area contributed by atoms with Crippen molar-refractivity contribution < 1.29 is 33.4 Å². The van der Waals surface area contributed by atoms with Crippen LogP contribution in [0.2, 0.25) is 0 Å². The number of thioether (sulfide) groups is 1. The second kappa shape index (κ2) is 11.5.